The lowest BCUT2D eigenvalue weighted by molar-refractivity contribution is -0.141. The van der Waals surface area contributed by atoms with Crippen LogP contribution in [-0.4, -0.2) is 24.8 Å². The predicted molar refractivity (Wildman–Crippen MR) is 32.9 cm³/mol. The second-order valence-corrected chi connectivity index (χ2v) is 2.07. The first-order valence-corrected chi connectivity index (χ1v) is 2.88. The van der Waals surface area contributed by atoms with Crippen molar-refractivity contribution in [3.8, 4) is 0 Å². The van der Waals surface area contributed by atoms with Gasteiger partial charge in [-0.05, 0) is 5.92 Å². The summed E-state index contributed by atoms with van der Waals surface area (Å²) in [5.74, 6) is -0.256. The van der Waals surface area contributed by atoms with E-state index in [0.29, 0.717) is 6.42 Å². The summed E-state index contributed by atoms with van der Waals surface area (Å²) in [4.78, 5) is 10.4. The van der Waals surface area contributed by atoms with Crippen molar-refractivity contribution >= 4 is 5.97 Å². The van der Waals surface area contributed by atoms with Crippen molar-refractivity contribution in [1.29, 1.82) is 0 Å². The molecule has 0 aromatic carbocycles. The van der Waals surface area contributed by atoms with E-state index in [4.69, 9.17) is 5.11 Å². The Balaban J connectivity index is 3.34. The molecule has 1 atom stereocenters. The van der Waals surface area contributed by atoms with Gasteiger partial charge in [0.2, 0.25) is 0 Å². The normalized spacial score (nSPS) is 12.8. The molecule has 0 fully saturated rings. The zero-order valence-corrected chi connectivity index (χ0v) is 5.76. The van der Waals surface area contributed by atoms with Gasteiger partial charge in [-0.25, -0.2) is 0 Å². The highest BCUT2D eigenvalue weighted by Gasteiger charge is 2.06. The van der Waals surface area contributed by atoms with E-state index in [1.807, 2.05) is 0 Å². The van der Waals surface area contributed by atoms with Crippen LogP contribution in [0.25, 0.3) is 0 Å². The van der Waals surface area contributed by atoms with Crippen LogP contribution in [0.3, 0.4) is 0 Å². The van der Waals surface area contributed by atoms with Gasteiger partial charge in [0.1, 0.15) is 0 Å². The number of methoxy groups -OCH3 is 1. The molecule has 0 aromatic heterocycles. The van der Waals surface area contributed by atoms with E-state index < -0.39 is 0 Å². The zero-order chi connectivity index (χ0) is 7.28. The van der Waals surface area contributed by atoms with E-state index in [0.717, 1.165) is 0 Å². The number of rotatable bonds is 3. The van der Waals surface area contributed by atoms with Crippen LogP contribution in [0, 0.1) is 5.92 Å². The van der Waals surface area contributed by atoms with Crippen LogP contribution in [0.1, 0.15) is 13.3 Å². The van der Waals surface area contributed by atoms with Gasteiger partial charge in [-0.3, -0.25) is 4.79 Å². The van der Waals surface area contributed by atoms with Gasteiger partial charge in [-0.2, -0.15) is 0 Å². The van der Waals surface area contributed by atoms with Crippen molar-refractivity contribution in [1.82, 2.24) is 0 Å². The second-order valence-electron chi connectivity index (χ2n) is 2.07. The summed E-state index contributed by atoms with van der Waals surface area (Å²) in [6.07, 6.45) is 0.299. The molecule has 3 nitrogen and oxygen atoms in total. The quantitative estimate of drug-likeness (QED) is 0.557. The lowest BCUT2D eigenvalue weighted by Crippen LogP contribution is -2.09. The summed E-state index contributed by atoms with van der Waals surface area (Å²) in [6, 6.07) is 0. The third-order valence-electron chi connectivity index (χ3n) is 1.05. The minimum Gasteiger partial charge on any atom is -0.469 e. The van der Waals surface area contributed by atoms with E-state index in [1.54, 1.807) is 6.92 Å². The summed E-state index contributed by atoms with van der Waals surface area (Å²) >= 11 is 0. The average Bonchev–Trinajstić information content (AvgIpc) is 1.87. The van der Waals surface area contributed by atoms with Crippen LogP contribution >= 0.6 is 0 Å². The molecule has 0 radical (unpaired) electrons. The summed E-state index contributed by atoms with van der Waals surface area (Å²) in [6.45, 7) is 1.83. The van der Waals surface area contributed by atoms with Gasteiger partial charge in [0.05, 0.1) is 13.5 Å². The standard InChI is InChI=1S/C6H12O3/c1-5(4-7)3-6(8)9-2/h5,7H,3-4H2,1-2H3/t5-/m0/s1. The Bertz CT molecular complexity index is 90.3. The lowest BCUT2D eigenvalue weighted by atomic mass is 10.1. The highest BCUT2D eigenvalue weighted by molar-refractivity contribution is 5.69. The maximum Gasteiger partial charge on any atom is 0.305 e. The number of hydrogen-bond donors (Lipinski definition) is 1. The Labute approximate surface area is 54.6 Å². The lowest BCUT2D eigenvalue weighted by Gasteiger charge is -2.03. The van der Waals surface area contributed by atoms with Crippen molar-refractivity contribution in [2.24, 2.45) is 5.92 Å². The van der Waals surface area contributed by atoms with Gasteiger partial charge in [0.25, 0.3) is 0 Å². The van der Waals surface area contributed by atoms with Crippen molar-refractivity contribution in [3.05, 3.63) is 0 Å². The first-order valence-electron chi connectivity index (χ1n) is 2.88. The molecule has 0 aliphatic rings. The Morgan fingerprint density at radius 3 is 2.67 bits per heavy atom. The van der Waals surface area contributed by atoms with E-state index in [2.05, 4.69) is 4.74 Å². The van der Waals surface area contributed by atoms with Gasteiger partial charge in [0, 0.05) is 6.61 Å². The molecule has 0 spiro atoms. The molecule has 54 valence electrons. The predicted octanol–water partition coefficient (Wildman–Crippen LogP) is 0.178. The van der Waals surface area contributed by atoms with Gasteiger partial charge in [-0.1, -0.05) is 6.92 Å². The molecule has 9 heavy (non-hydrogen) atoms. The fraction of sp³-hybridized carbons (Fsp3) is 0.833. The van der Waals surface area contributed by atoms with Gasteiger partial charge >= 0.3 is 5.97 Å². The molecule has 0 aromatic rings. The molecule has 0 saturated heterocycles. The van der Waals surface area contributed by atoms with Crippen LogP contribution < -0.4 is 0 Å². The van der Waals surface area contributed by atoms with Crippen LogP contribution in [0.5, 0.6) is 0 Å². The van der Waals surface area contributed by atoms with Gasteiger partial charge in [0.15, 0.2) is 0 Å². The largest absolute Gasteiger partial charge is 0.469 e. The molecule has 0 unspecified atom stereocenters. The number of hydrogen-bond acceptors (Lipinski definition) is 3. The Morgan fingerprint density at radius 2 is 2.33 bits per heavy atom. The minimum absolute atomic E-state index is 0.0115. The highest BCUT2D eigenvalue weighted by Crippen LogP contribution is 1.99. The molecular formula is C6H12O3. The summed E-state index contributed by atoms with van der Waals surface area (Å²) < 4.78 is 4.37. The molecule has 0 aliphatic heterocycles. The highest BCUT2D eigenvalue weighted by atomic mass is 16.5. The van der Waals surface area contributed by atoms with Crippen molar-refractivity contribution in [3.63, 3.8) is 0 Å². The number of ether oxygens (including phenoxy) is 1. The van der Waals surface area contributed by atoms with Crippen molar-refractivity contribution in [2.75, 3.05) is 13.7 Å². The van der Waals surface area contributed by atoms with E-state index in [1.165, 1.54) is 7.11 Å². The SMILES string of the molecule is COC(=O)C[C@H](C)CO. The first-order chi connectivity index (χ1) is 4.20. The Morgan fingerprint density at radius 1 is 1.78 bits per heavy atom. The number of carbonyl (C=O) groups is 1. The van der Waals surface area contributed by atoms with E-state index in [-0.39, 0.29) is 18.5 Å². The summed E-state index contributed by atoms with van der Waals surface area (Å²) in [5.41, 5.74) is 0. The molecule has 0 heterocycles. The zero-order valence-electron chi connectivity index (χ0n) is 5.76. The number of esters is 1. The number of aliphatic hydroxyl groups is 1. The van der Waals surface area contributed by atoms with Crippen molar-refractivity contribution < 1.29 is 14.6 Å². The number of carbonyl (C=O) groups excluding carboxylic acids is 1. The molecule has 3 heteroatoms. The van der Waals surface area contributed by atoms with Gasteiger partial charge < -0.3 is 9.84 Å². The van der Waals surface area contributed by atoms with Gasteiger partial charge in [-0.15, -0.1) is 0 Å². The molecule has 0 aliphatic carbocycles. The topological polar surface area (TPSA) is 46.5 Å². The average molecular weight is 132 g/mol. The Kier molecular flexibility index (Phi) is 4.05. The van der Waals surface area contributed by atoms with Crippen LogP contribution in [0.15, 0.2) is 0 Å². The van der Waals surface area contributed by atoms with E-state index in [9.17, 15) is 4.79 Å². The van der Waals surface area contributed by atoms with Crippen LogP contribution in [0.2, 0.25) is 0 Å². The summed E-state index contributed by atoms with van der Waals surface area (Å²) in [5, 5.41) is 8.47. The minimum atomic E-state index is -0.267. The van der Waals surface area contributed by atoms with Crippen molar-refractivity contribution in [2.45, 2.75) is 13.3 Å². The Hall–Kier alpha value is -0.570. The first kappa shape index (κ1) is 8.43. The molecule has 0 amide bonds. The van der Waals surface area contributed by atoms with E-state index >= 15 is 0 Å². The van der Waals surface area contributed by atoms with Crippen LogP contribution in [0.4, 0.5) is 0 Å². The number of aliphatic hydroxyl groups excluding tert-OH is 1. The molecule has 0 rings (SSSR count). The summed E-state index contributed by atoms with van der Waals surface area (Å²) in [7, 11) is 1.34. The molecule has 1 N–H and O–H groups in total. The third kappa shape index (κ3) is 3.97. The second kappa shape index (κ2) is 4.32. The fourth-order valence-electron chi connectivity index (χ4n) is 0.432. The molecule has 0 saturated carbocycles. The maximum atomic E-state index is 10.4. The molecular weight excluding hydrogens is 120 g/mol. The maximum absolute atomic E-state index is 10.4. The smallest absolute Gasteiger partial charge is 0.305 e. The fourth-order valence-corrected chi connectivity index (χ4v) is 0.432. The monoisotopic (exact) mass is 132 g/mol. The molecule has 0 bridgehead atoms. The van der Waals surface area contributed by atoms with Crippen LogP contribution in [-0.2, 0) is 9.53 Å². The third-order valence-corrected chi connectivity index (χ3v) is 1.05.